The van der Waals surface area contributed by atoms with E-state index in [9.17, 15) is 0 Å². The van der Waals surface area contributed by atoms with Crippen molar-refractivity contribution in [2.24, 2.45) is 0 Å². The second-order valence-electron chi connectivity index (χ2n) is 16.1. The van der Waals surface area contributed by atoms with E-state index >= 15 is 0 Å². The summed E-state index contributed by atoms with van der Waals surface area (Å²) in [6.45, 7) is 0. The Balaban J connectivity index is 1.10. The number of para-hydroxylation sites is 2. The third-order valence-corrected chi connectivity index (χ3v) is 12.9. The smallest absolute Gasteiger partial charge is 0.0714 e. The number of fused-ring (bicyclic) bond motifs is 7. The Labute approximate surface area is 355 Å². The van der Waals surface area contributed by atoms with Crippen molar-refractivity contribution in [1.29, 1.82) is 0 Å². The molecule has 1 aliphatic rings. The van der Waals surface area contributed by atoms with Crippen LogP contribution in [0.5, 0.6) is 0 Å². The molecule has 1 aliphatic carbocycles. The van der Waals surface area contributed by atoms with Gasteiger partial charge in [0.2, 0.25) is 0 Å². The van der Waals surface area contributed by atoms with E-state index in [0.717, 1.165) is 22.7 Å². The van der Waals surface area contributed by atoms with Crippen LogP contribution in [0.1, 0.15) is 22.3 Å². The summed E-state index contributed by atoms with van der Waals surface area (Å²) in [4.78, 5) is 2.45. The summed E-state index contributed by atoms with van der Waals surface area (Å²) in [6, 6.07) is 89.1. The fourth-order valence-corrected chi connectivity index (χ4v) is 10.2. The lowest BCUT2D eigenvalue weighted by Crippen LogP contribution is -2.28. The van der Waals surface area contributed by atoms with Crippen molar-refractivity contribution < 1.29 is 0 Å². The van der Waals surface area contributed by atoms with Gasteiger partial charge in [-0.2, -0.15) is 0 Å². The number of anilines is 3. The summed E-state index contributed by atoms with van der Waals surface area (Å²) in [7, 11) is 0. The van der Waals surface area contributed by atoms with Gasteiger partial charge in [-0.1, -0.05) is 182 Å². The van der Waals surface area contributed by atoms with Crippen LogP contribution in [0.2, 0.25) is 0 Å². The van der Waals surface area contributed by atoms with Gasteiger partial charge in [0.25, 0.3) is 0 Å². The predicted octanol–water partition coefficient (Wildman–Crippen LogP) is 15.4. The first-order valence-corrected chi connectivity index (χ1v) is 21.1. The lowest BCUT2D eigenvalue weighted by atomic mass is 9.67. The number of aromatic nitrogens is 1. The highest BCUT2D eigenvalue weighted by molar-refractivity contribution is 6.11. The molecule has 12 rings (SSSR count). The summed E-state index contributed by atoms with van der Waals surface area (Å²) in [6.07, 6.45) is 0. The largest absolute Gasteiger partial charge is 0.310 e. The van der Waals surface area contributed by atoms with E-state index < -0.39 is 5.41 Å². The Kier molecular flexibility index (Phi) is 8.11. The van der Waals surface area contributed by atoms with Crippen molar-refractivity contribution in [2.45, 2.75) is 5.41 Å². The quantitative estimate of drug-likeness (QED) is 0.156. The molecule has 10 aromatic carbocycles. The highest BCUT2D eigenvalue weighted by Crippen LogP contribution is 2.57. The molecule has 0 amide bonds. The Morgan fingerprint density at radius 2 is 0.869 bits per heavy atom. The molecule has 11 aromatic rings. The number of benzene rings is 10. The maximum absolute atomic E-state index is 2.46. The number of rotatable bonds is 7. The first kappa shape index (κ1) is 35.0. The van der Waals surface area contributed by atoms with E-state index in [4.69, 9.17) is 0 Å². The average molecular weight is 777 g/mol. The lowest BCUT2D eigenvalue weighted by molar-refractivity contribution is 0.768. The van der Waals surface area contributed by atoms with Crippen molar-refractivity contribution in [1.82, 2.24) is 4.57 Å². The number of hydrogen-bond acceptors (Lipinski definition) is 1. The molecule has 1 heterocycles. The molecule has 0 N–H and O–H groups in total. The minimum absolute atomic E-state index is 0.512. The Morgan fingerprint density at radius 3 is 1.64 bits per heavy atom. The number of hydrogen-bond donors (Lipinski definition) is 0. The zero-order chi connectivity index (χ0) is 40.3. The van der Waals surface area contributed by atoms with Crippen LogP contribution in [0.4, 0.5) is 17.1 Å². The Morgan fingerprint density at radius 1 is 0.328 bits per heavy atom. The molecule has 0 fully saturated rings. The van der Waals surface area contributed by atoms with Gasteiger partial charge in [-0.05, 0) is 116 Å². The molecule has 286 valence electrons. The highest BCUT2D eigenvalue weighted by atomic mass is 15.1. The molecule has 0 radical (unpaired) electrons. The van der Waals surface area contributed by atoms with Crippen LogP contribution in [-0.2, 0) is 5.41 Å². The molecule has 0 bridgehead atoms. The van der Waals surface area contributed by atoms with Crippen molar-refractivity contribution in [3.63, 3.8) is 0 Å². The standard InChI is InChI=1S/C59H40N2/c1-4-19-43(20-5-1)59(44-21-6-2-7-22-44)55-29-14-12-26-51(55)52-37-35-48(40-56(52)59)60(46-33-31-42(32-34-46)50-28-16-18-41-17-10-11-25-49(41)50)47-36-38-58-54(39-47)53-27-13-15-30-57(53)61(58)45-23-8-3-9-24-45/h1-40H. The fourth-order valence-electron chi connectivity index (χ4n) is 10.2. The monoisotopic (exact) mass is 776 g/mol. The molecule has 0 atom stereocenters. The molecule has 61 heavy (non-hydrogen) atoms. The van der Waals surface area contributed by atoms with Crippen molar-refractivity contribution in [3.05, 3.63) is 265 Å². The number of nitrogens with zero attached hydrogens (tertiary/aromatic N) is 2. The molecular formula is C59H40N2. The van der Waals surface area contributed by atoms with Crippen molar-refractivity contribution >= 4 is 49.6 Å². The fraction of sp³-hybridized carbons (Fsp3) is 0.0169. The van der Waals surface area contributed by atoms with Gasteiger partial charge in [0.1, 0.15) is 0 Å². The van der Waals surface area contributed by atoms with Crippen LogP contribution in [0.25, 0.3) is 60.5 Å². The maximum Gasteiger partial charge on any atom is 0.0714 e. The van der Waals surface area contributed by atoms with E-state index in [-0.39, 0.29) is 0 Å². The first-order chi connectivity index (χ1) is 30.3. The van der Waals surface area contributed by atoms with Gasteiger partial charge in [0, 0.05) is 33.5 Å². The van der Waals surface area contributed by atoms with Gasteiger partial charge in [0.05, 0.1) is 16.4 Å². The van der Waals surface area contributed by atoms with Gasteiger partial charge >= 0.3 is 0 Å². The SMILES string of the molecule is c1ccc(-n2c3ccccc3c3cc(N(c4ccc(-c5cccc6ccccc56)cc4)c4ccc5c(c4)C(c4ccccc4)(c4ccccc4)c4ccccc4-5)ccc32)cc1. The lowest BCUT2D eigenvalue weighted by Gasteiger charge is -2.35. The minimum atomic E-state index is -0.512. The van der Waals surface area contributed by atoms with E-state index in [1.807, 2.05) is 0 Å². The molecule has 0 saturated heterocycles. The van der Waals surface area contributed by atoms with Crippen molar-refractivity contribution in [3.8, 4) is 27.9 Å². The molecule has 2 nitrogen and oxygen atoms in total. The van der Waals surface area contributed by atoms with Gasteiger partial charge in [0.15, 0.2) is 0 Å². The first-order valence-electron chi connectivity index (χ1n) is 21.1. The Bertz CT molecular complexity index is 3360. The zero-order valence-electron chi connectivity index (χ0n) is 33.5. The molecule has 2 heteroatoms. The van der Waals surface area contributed by atoms with Gasteiger partial charge < -0.3 is 9.47 Å². The molecular weight excluding hydrogens is 737 g/mol. The van der Waals surface area contributed by atoms with Gasteiger partial charge in [-0.15, -0.1) is 0 Å². The van der Waals surface area contributed by atoms with Crippen LogP contribution >= 0.6 is 0 Å². The van der Waals surface area contributed by atoms with Crippen molar-refractivity contribution in [2.75, 3.05) is 4.90 Å². The summed E-state index contributed by atoms with van der Waals surface area (Å²) in [5.41, 5.74) is 16.4. The highest BCUT2D eigenvalue weighted by Gasteiger charge is 2.46. The molecule has 1 aromatic heterocycles. The molecule has 0 aliphatic heterocycles. The van der Waals surface area contributed by atoms with Gasteiger partial charge in [-0.3, -0.25) is 0 Å². The Hall–Kier alpha value is -7.94. The third-order valence-electron chi connectivity index (χ3n) is 12.9. The van der Waals surface area contributed by atoms with Gasteiger partial charge in [-0.25, -0.2) is 0 Å². The summed E-state index contributed by atoms with van der Waals surface area (Å²) in [5.74, 6) is 0. The summed E-state index contributed by atoms with van der Waals surface area (Å²) < 4.78 is 2.39. The maximum atomic E-state index is 2.46. The second-order valence-corrected chi connectivity index (χ2v) is 16.1. The van der Waals surface area contributed by atoms with Crippen LogP contribution < -0.4 is 4.90 Å². The summed E-state index contributed by atoms with van der Waals surface area (Å²) >= 11 is 0. The van der Waals surface area contributed by atoms with Crippen LogP contribution in [-0.4, -0.2) is 4.57 Å². The molecule has 0 spiro atoms. The normalized spacial score (nSPS) is 12.7. The van der Waals surface area contributed by atoms with E-state index in [2.05, 4.69) is 252 Å². The third kappa shape index (κ3) is 5.43. The van der Waals surface area contributed by atoms with Crippen LogP contribution in [0.3, 0.4) is 0 Å². The summed E-state index contributed by atoms with van der Waals surface area (Å²) in [5, 5.41) is 4.94. The van der Waals surface area contributed by atoms with E-state index in [1.165, 1.54) is 77.1 Å². The minimum Gasteiger partial charge on any atom is -0.310 e. The second kappa shape index (κ2) is 14.1. The van der Waals surface area contributed by atoms with Crippen LogP contribution in [0.15, 0.2) is 243 Å². The topological polar surface area (TPSA) is 8.17 Å². The molecule has 0 saturated carbocycles. The van der Waals surface area contributed by atoms with E-state index in [1.54, 1.807) is 0 Å². The average Bonchev–Trinajstić information content (AvgIpc) is 3.83. The van der Waals surface area contributed by atoms with Crippen LogP contribution in [0, 0.1) is 0 Å². The zero-order valence-corrected chi connectivity index (χ0v) is 33.5. The molecule has 0 unspecified atom stereocenters. The van der Waals surface area contributed by atoms with E-state index in [0.29, 0.717) is 0 Å². The predicted molar refractivity (Wildman–Crippen MR) is 256 cm³/mol.